The van der Waals surface area contributed by atoms with Gasteiger partial charge in [0, 0.05) is 18.7 Å². The van der Waals surface area contributed by atoms with Crippen LogP contribution in [0.5, 0.6) is 0 Å². The first kappa shape index (κ1) is 24.9. The third-order valence-corrected chi connectivity index (χ3v) is 4.26. The van der Waals surface area contributed by atoms with Crippen molar-refractivity contribution in [2.24, 2.45) is 0 Å². The fourth-order valence-electron chi connectivity index (χ4n) is 2.84. The largest absolute Gasteiger partial charge is 0.478 e. The number of aromatic nitrogens is 3. The van der Waals surface area contributed by atoms with Gasteiger partial charge < -0.3 is 14.6 Å². The number of benzene rings is 2. The first-order valence-electron chi connectivity index (χ1n) is 10.2. The van der Waals surface area contributed by atoms with Crippen molar-refractivity contribution in [1.29, 1.82) is 0 Å². The fraction of sp³-hybridized carbons (Fsp3) is 0.160. The van der Waals surface area contributed by atoms with Gasteiger partial charge in [-0.25, -0.2) is 9.59 Å². The Morgan fingerprint density at radius 2 is 1.45 bits per heavy atom. The van der Waals surface area contributed by atoms with Gasteiger partial charge in [0.25, 0.3) is 0 Å². The van der Waals surface area contributed by atoms with E-state index in [1.165, 1.54) is 6.07 Å². The van der Waals surface area contributed by atoms with Crippen LogP contribution in [-0.2, 0) is 0 Å². The van der Waals surface area contributed by atoms with E-state index in [9.17, 15) is 9.59 Å². The van der Waals surface area contributed by atoms with E-state index in [0.717, 1.165) is 5.56 Å². The van der Waals surface area contributed by atoms with Gasteiger partial charge in [0.1, 0.15) is 0 Å². The first-order valence-corrected chi connectivity index (χ1v) is 10.2. The zero-order valence-corrected chi connectivity index (χ0v) is 18.8. The maximum absolute atomic E-state index is 11.1. The van der Waals surface area contributed by atoms with E-state index in [0.29, 0.717) is 28.3 Å². The molecule has 0 fully saturated rings. The minimum atomic E-state index is -1.01. The molecular formula is C25H25N3O5. The summed E-state index contributed by atoms with van der Waals surface area (Å²) < 4.78 is 5.17. The molecule has 33 heavy (non-hydrogen) atoms. The van der Waals surface area contributed by atoms with Crippen LogP contribution in [0.25, 0.3) is 22.7 Å². The summed E-state index contributed by atoms with van der Waals surface area (Å²) in [6, 6.07) is 17.3. The summed E-state index contributed by atoms with van der Waals surface area (Å²) in [6.07, 6.45) is 1.65. The van der Waals surface area contributed by atoms with Crippen LogP contribution in [0, 0.1) is 13.8 Å². The Balaban J connectivity index is 0.000000218. The minimum Gasteiger partial charge on any atom is -0.478 e. The molecule has 8 heteroatoms. The van der Waals surface area contributed by atoms with Crippen LogP contribution in [0.2, 0.25) is 0 Å². The monoisotopic (exact) mass is 447 g/mol. The summed E-state index contributed by atoms with van der Waals surface area (Å²) >= 11 is 0. The Morgan fingerprint density at radius 3 is 2.03 bits per heavy atom. The van der Waals surface area contributed by atoms with E-state index in [1.807, 2.05) is 32.9 Å². The lowest BCUT2D eigenvalue weighted by Gasteiger charge is -2.06. The Bertz CT molecular complexity index is 1220. The second kappa shape index (κ2) is 11.9. The molecule has 2 heterocycles. The molecule has 0 radical (unpaired) electrons. The molecule has 0 saturated carbocycles. The van der Waals surface area contributed by atoms with Crippen LogP contribution in [0.1, 0.15) is 46.0 Å². The molecule has 0 saturated heterocycles. The van der Waals surface area contributed by atoms with E-state index in [2.05, 4.69) is 15.2 Å². The van der Waals surface area contributed by atoms with Gasteiger partial charge in [0.2, 0.25) is 11.8 Å². The molecule has 0 amide bonds. The second-order valence-electron chi connectivity index (χ2n) is 6.55. The Labute approximate surface area is 191 Å². The van der Waals surface area contributed by atoms with Crippen molar-refractivity contribution in [1.82, 2.24) is 15.2 Å². The highest BCUT2D eigenvalue weighted by Crippen LogP contribution is 2.23. The summed E-state index contributed by atoms with van der Waals surface area (Å²) in [5.74, 6) is -1.30. The zero-order valence-electron chi connectivity index (χ0n) is 18.8. The lowest BCUT2D eigenvalue weighted by atomic mass is 10.0. The quantitative estimate of drug-likeness (QED) is 0.418. The highest BCUT2D eigenvalue weighted by atomic mass is 16.4. The number of nitrogens with zero attached hydrogens (tertiary/aromatic N) is 3. The molecule has 0 bridgehead atoms. The van der Waals surface area contributed by atoms with E-state index < -0.39 is 11.9 Å². The molecule has 0 spiro atoms. The van der Waals surface area contributed by atoms with E-state index >= 15 is 0 Å². The molecular weight excluding hydrogens is 422 g/mol. The summed E-state index contributed by atoms with van der Waals surface area (Å²) in [7, 11) is 0. The lowest BCUT2D eigenvalue weighted by molar-refractivity contribution is 0.0686. The molecule has 4 rings (SSSR count). The Hall–Kier alpha value is -4.33. The molecule has 0 aliphatic carbocycles. The van der Waals surface area contributed by atoms with Crippen molar-refractivity contribution in [3.8, 4) is 22.7 Å². The number of pyridine rings is 1. The number of carboxylic acid groups (broad SMARTS) is 2. The smallest absolute Gasteiger partial charge is 0.336 e. The third-order valence-electron chi connectivity index (χ3n) is 4.26. The van der Waals surface area contributed by atoms with Gasteiger partial charge in [-0.05, 0) is 37.3 Å². The molecule has 2 aromatic carbocycles. The molecule has 2 aromatic heterocycles. The molecule has 170 valence electrons. The van der Waals surface area contributed by atoms with Gasteiger partial charge in [-0.2, -0.15) is 0 Å². The van der Waals surface area contributed by atoms with Crippen LogP contribution in [-0.4, -0.2) is 37.3 Å². The number of aromatic carboxylic acids is 2. The van der Waals surface area contributed by atoms with Gasteiger partial charge in [0.15, 0.2) is 0 Å². The number of rotatable bonds is 4. The average Bonchev–Trinajstić information content (AvgIpc) is 3.27. The summed E-state index contributed by atoms with van der Waals surface area (Å²) in [4.78, 5) is 26.2. The van der Waals surface area contributed by atoms with Crippen molar-refractivity contribution in [2.45, 2.75) is 27.7 Å². The van der Waals surface area contributed by atoms with Gasteiger partial charge in [-0.15, -0.1) is 10.2 Å². The normalized spacial score (nSPS) is 9.70. The Kier molecular flexibility index (Phi) is 8.99. The predicted octanol–water partition coefficient (Wildman–Crippen LogP) is 5.52. The van der Waals surface area contributed by atoms with Crippen LogP contribution < -0.4 is 0 Å². The maximum atomic E-state index is 11.1. The predicted molar refractivity (Wildman–Crippen MR) is 124 cm³/mol. The molecule has 8 nitrogen and oxygen atoms in total. The molecule has 0 atom stereocenters. The van der Waals surface area contributed by atoms with Crippen molar-refractivity contribution in [3.63, 3.8) is 0 Å². The van der Waals surface area contributed by atoms with E-state index in [-0.39, 0.29) is 11.5 Å². The molecule has 0 aliphatic heterocycles. The lowest BCUT2D eigenvalue weighted by Crippen LogP contribution is -2.00. The molecule has 0 aliphatic rings. The summed E-state index contributed by atoms with van der Waals surface area (Å²) in [6.45, 7) is 7.52. The van der Waals surface area contributed by atoms with Crippen LogP contribution in [0.4, 0.5) is 0 Å². The SMILES string of the molecule is CC.Cc1ccc(-c2ccccn2)c(C(=O)O)c1.Cc1nnc(-c2ccccc2C(=O)O)o1. The minimum absolute atomic E-state index is 0.154. The highest BCUT2D eigenvalue weighted by molar-refractivity contribution is 5.96. The number of carboxylic acids is 2. The topological polar surface area (TPSA) is 126 Å². The molecule has 4 aromatic rings. The molecule has 0 unspecified atom stereocenters. The number of hydrogen-bond donors (Lipinski definition) is 2. The van der Waals surface area contributed by atoms with Crippen molar-refractivity contribution < 1.29 is 24.2 Å². The second-order valence-corrected chi connectivity index (χ2v) is 6.55. The summed E-state index contributed by atoms with van der Waals surface area (Å²) in [5, 5.41) is 25.5. The van der Waals surface area contributed by atoms with Crippen molar-refractivity contribution >= 4 is 11.9 Å². The average molecular weight is 447 g/mol. The zero-order chi connectivity index (χ0) is 24.4. The number of hydrogen-bond acceptors (Lipinski definition) is 6. The standard InChI is InChI=1S/C13H11NO2.C10H8N2O3.C2H6/c1-9-5-6-10(11(8-9)13(15)16)12-4-2-3-7-14-12;1-6-11-12-9(15-6)7-4-2-3-5-8(7)10(13)14;1-2/h2-8H,1H3,(H,15,16);2-5H,1H3,(H,13,14);1-2H3. The van der Waals surface area contributed by atoms with Gasteiger partial charge >= 0.3 is 11.9 Å². The highest BCUT2D eigenvalue weighted by Gasteiger charge is 2.15. The Morgan fingerprint density at radius 1 is 0.788 bits per heavy atom. The van der Waals surface area contributed by atoms with Crippen molar-refractivity contribution in [2.75, 3.05) is 0 Å². The molecule has 2 N–H and O–H groups in total. The van der Waals surface area contributed by atoms with Gasteiger partial charge in [0.05, 0.1) is 22.4 Å². The summed E-state index contributed by atoms with van der Waals surface area (Å²) in [5.41, 5.74) is 3.14. The van der Waals surface area contributed by atoms with E-state index in [4.69, 9.17) is 14.6 Å². The number of carbonyl (C=O) groups is 2. The third kappa shape index (κ3) is 6.57. The van der Waals surface area contributed by atoms with Gasteiger partial charge in [-0.3, -0.25) is 4.98 Å². The van der Waals surface area contributed by atoms with Crippen LogP contribution >= 0.6 is 0 Å². The van der Waals surface area contributed by atoms with E-state index in [1.54, 1.807) is 55.6 Å². The fourth-order valence-corrected chi connectivity index (χ4v) is 2.84. The van der Waals surface area contributed by atoms with Gasteiger partial charge in [-0.1, -0.05) is 49.7 Å². The first-order chi connectivity index (χ1) is 15.9. The maximum Gasteiger partial charge on any atom is 0.336 e. The van der Waals surface area contributed by atoms with Crippen LogP contribution in [0.15, 0.2) is 71.3 Å². The number of aryl methyl sites for hydroxylation is 2. The van der Waals surface area contributed by atoms with Crippen molar-refractivity contribution in [3.05, 3.63) is 89.4 Å². The van der Waals surface area contributed by atoms with Crippen LogP contribution in [0.3, 0.4) is 0 Å².